The minimum atomic E-state index is 0.190. The summed E-state index contributed by atoms with van der Waals surface area (Å²) >= 11 is 0. The molecule has 0 radical (unpaired) electrons. The van der Waals surface area contributed by atoms with Crippen LogP contribution in [-0.2, 0) is 4.74 Å². The maximum Gasteiger partial charge on any atom is 0.161 e. The normalized spacial score (nSPS) is 22.4. The molecule has 0 aromatic heterocycles. The van der Waals surface area contributed by atoms with Gasteiger partial charge in [-0.05, 0) is 38.3 Å². The van der Waals surface area contributed by atoms with Gasteiger partial charge in [0, 0.05) is 6.04 Å². The van der Waals surface area contributed by atoms with E-state index in [1.165, 1.54) is 6.42 Å². The molecule has 0 saturated heterocycles. The molecule has 0 amide bonds. The highest BCUT2D eigenvalue weighted by Crippen LogP contribution is 2.26. The van der Waals surface area contributed by atoms with E-state index in [9.17, 15) is 0 Å². The van der Waals surface area contributed by atoms with Crippen molar-refractivity contribution >= 4 is 0 Å². The van der Waals surface area contributed by atoms with Crippen LogP contribution in [0.15, 0.2) is 24.3 Å². The predicted molar refractivity (Wildman–Crippen MR) is 74.7 cm³/mol. The van der Waals surface area contributed by atoms with Gasteiger partial charge < -0.3 is 19.9 Å². The lowest BCUT2D eigenvalue weighted by Crippen LogP contribution is -2.32. The summed E-state index contributed by atoms with van der Waals surface area (Å²) in [6, 6.07) is 7.88. The van der Waals surface area contributed by atoms with Crippen LogP contribution in [0.2, 0.25) is 0 Å². The quantitative estimate of drug-likeness (QED) is 0.769. The first kappa shape index (κ1) is 14.2. The molecule has 4 heteroatoms. The van der Waals surface area contributed by atoms with Gasteiger partial charge >= 0.3 is 0 Å². The van der Waals surface area contributed by atoms with E-state index in [1.54, 1.807) is 0 Å². The van der Waals surface area contributed by atoms with E-state index < -0.39 is 0 Å². The van der Waals surface area contributed by atoms with Crippen molar-refractivity contribution in [1.29, 1.82) is 0 Å². The molecule has 0 aliphatic heterocycles. The molecule has 2 atom stereocenters. The predicted octanol–water partition coefficient (Wildman–Crippen LogP) is 2.36. The average Bonchev–Trinajstić information content (AvgIpc) is 2.82. The third-order valence-electron chi connectivity index (χ3n) is 3.33. The van der Waals surface area contributed by atoms with Crippen LogP contribution in [0.4, 0.5) is 0 Å². The Morgan fingerprint density at radius 2 is 1.84 bits per heavy atom. The van der Waals surface area contributed by atoms with E-state index in [4.69, 9.17) is 19.9 Å². The average molecular weight is 265 g/mol. The van der Waals surface area contributed by atoms with Gasteiger partial charge in [-0.1, -0.05) is 12.1 Å². The Bertz CT molecular complexity index is 383. The SMILES string of the molecule is CCOc1ccccc1OCCOC1CCCC1N. The smallest absolute Gasteiger partial charge is 0.161 e. The van der Waals surface area contributed by atoms with Gasteiger partial charge in [0.15, 0.2) is 11.5 Å². The van der Waals surface area contributed by atoms with Crippen LogP contribution < -0.4 is 15.2 Å². The standard InChI is InChI=1S/C15H23NO3/c1-2-17-14-7-3-4-8-15(14)19-11-10-18-13-9-5-6-12(13)16/h3-4,7-8,12-13H,2,5-6,9-11,16H2,1H3. The summed E-state index contributed by atoms with van der Waals surface area (Å²) in [4.78, 5) is 0. The molecule has 106 valence electrons. The highest BCUT2D eigenvalue weighted by Gasteiger charge is 2.24. The molecule has 1 aromatic carbocycles. The van der Waals surface area contributed by atoms with E-state index >= 15 is 0 Å². The highest BCUT2D eigenvalue weighted by molar-refractivity contribution is 5.39. The third kappa shape index (κ3) is 4.11. The van der Waals surface area contributed by atoms with Crippen LogP contribution in [0.5, 0.6) is 11.5 Å². The van der Waals surface area contributed by atoms with Crippen molar-refractivity contribution in [2.24, 2.45) is 5.73 Å². The molecular weight excluding hydrogens is 242 g/mol. The lowest BCUT2D eigenvalue weighted by Gasteiger charge is -2.17. The fourth-order valence-corrected chi connectivity index (χ4v) is 2.36. The van der Waals surface area contributed by atoms with Gasteiger partial charge in [-0.25, -0.2) is 0 Å². The molecule has 1 aromatic rings. The van der Waals surface area contributed by atoms with Crippen molar-refractivity contribution in [3.63, 3.8) is 0 Å². The lowest BCUT2D eigenvalue weighted by molar-refractivity contribution is 0.0291. The molecule has 1 aliphatic rings. The van der Waals surface area contributed by atoms with Gasteiger partial charge in [-0.2, -0.15) is 0 Å². The van der Waals surface area contributed by atoms with E-state index in [-0.39, 0.29) is 12.1 Å². The number of benzene rings is 1. The largest absolute Gasteiger partial charge is 0.490 e. The molecule has 0 heterocycles. The molecule has 4 nitrogen and oxygen atoms in total. The Kier molecular flexibility index (Phi) is 5.48. The Morgan fingerprint density at radius 3 is 2.47 bits per heavy atom. The van der Waals surface area contributed by atoms with E-state index in [1.807, 2.05) is 31.2 Å². The van der Waals surface area contributed by atoms with E-state index in [0.29, 0.717) is 19.8 Å². The summed E-state index contributed by atoms with van der Waals surface area (Å²) < 4.78 is 16.9. The summed E-state index contributed by atoms with van der Waals surface area (Å²) in [6.45, 7) is 3.68. The van der Waals surface area contributed by atoms with Gasteiger partial charge in [0.1, 0.15) is 6.61 Å². The van der Waals surface area contributed by atoms with Crippen LogP contribution in [0.3, 0.4) is 0 Å². The Balaban J connectivity index is 1.73. The first-order chi connectivity index (χ1) is 9.31. The van der Waals surface area contributed by atoms with Crippen molar-refractivity contribution in [3.05, 3.63) is 24.3 Å². The zero-order valence-corrected chi connectivity index (χ0v) is 11.5. The fourth-order valence-electron chi connectivity index (χ4n) is 2.36. The van der Waals surface area contributed by atoms with Crippen molar-refractivity contribution in [1.82, 2.24) is 0 Å². The highest BCUT2D eigenvalue weighted by atomic mass is 16.5. The Hall–Kier alpha value is -1.26. The van der Waals surface area contributed by atoms with Crippen LogP contribution in [0.1, 0.15) is 26.2 Å². The van der Waals surface area contributed by atoms with Gasteiger partial charge in [0.2, 0.25) is 0 Å². The second kappa shape index (κ2) is 7.36. The second-order valence-corrected chi connectivity index (χ2v) is 4.73. The Morgan fingerprint density at radius 1 is 1.11 bits per heavy atom. The Labute approximate surface area is 114 Å². The topological polar surface area (TPSA) is 53.7 Å². The van der Waals surface area contributed by atoms with E-state index in [0.717, 1.165) is 24.3 Å². The number of hydrogen-bond acceptors (Lipinski definition) is 4. The van der Waals surface area contributed by atoms with Crippen LogP contribution in [-0.4, -0.2) is 32.0 Å². The van der Waals surface area contributed by atoms with Crippen LogP contribution in [0.25, 0.3) is 0 Å². The monoisotopic (exact) mass is 265 g/mol. The molecule has 0 spiro atoms. The summed E-state index contributed by atoms with van der Waals surface area (Å²) in [6.07, 6.45) is 3.50. The maximum absolute atomic E-state index is 5.95. The summed E-state index contributed by atoms with van der Waals surface area (Å²) in [7, 11) is 0. The molecule has 1 aliphatic carbocycles. The summed E-state index contributed by atoms with van der Waals surface area (Å²) in [5, 5.41) is 0. The first-order valence-corrected chi connectivity index (χ1v) is 7.03. The number of ether oxygens (including phenoxy) is 3. The summed E-state index contributed by atoms with van der Waals surface area (Å²) in [5.74, 6) is 1.55. The second-order valence-electron chi connectivity index (χ2n) is 4.73. The summed E-state index contributed by atoms with van der Waals surface area (Å²) in [5.41, 5.74) is 5.95. The number of nitrogens with two attached hydrogens (primary N) is 1. The third-order valence-corrected chi connectivity index (χ3v) is 3.33. The molecule has 2 rings (SSSR count). The molecule has 1 saturated carbocycles. The zero-order valence-electron chi connectivity index (χ0n) is 11.5. The zero-order chi connectivity index (χ0) is 13.5. The van der Waals surface area contributed by atoms with Crippen LogP contribution >= 0.6 is 0 Å². The number of hydrogen-bond donors (Lipinski definition) is 1. The number of rotatable bonds is 7. The molecular formula is C15H23NO3. The minimum absolute atomic E-state index is 0.190. The van der Waals surface area contributed by atoms with Gasteiger partial charge in [0.25, 0.3) is 0 Å². The maximum atomic E-state index is 5.95. The van der Waals surface area contributed by atoms with Crippen LogP contribution in [0, 0.1) is 0 Å². The van der Waals surface area contributed by atoms with Gasteiger partial charge in [-0.3, -0.25) is 0 Å². The van der Waals surface area contributed by atoms with Gasteiger partial charge in [0.05, 0.1) is 19.3 Å². The molecule has 1 fully saturated rings. The molecule has 0 bridgehead atoms. The number of para-hydroxylation sites is 2. The lowest BCUT2D eigenvalue weighted by atomic mass is 10.2. The molecule has 2 N–H and O–H groups in total. The minimum Gasteiger partial charge on any atom is -0.490 e. The first-order valence-electron chi connectivity index (χ1n) is 7.03. The van der Waals surface area contributed by atoms with Crippen molar-refractivity contribution in [2.75, 3.05) is 19.8 Å². The van der Waals surface area contributed by atoms with Gasteiger partial charge in [-0.15, -0.1) is 0 Å². The molecule has 2 unspecified atom stereocenters. The fraction of sp³-hybridized carbons (Fsp3) is 0.600. The van der Waals surface area contributed by atoms with Crippen molar-refractivity contribution in [2.45, 2.75) is 38.3 Å². The van der Waals surface area contributed by atoms with E-state index in [2.05, 4.69) is 0 Å². The molecule has 19 heavy (non-hydrogen) atoms. The van der Waals surface area contributed by atoms with Crippen molar-refractivity contribution < 1.29 is 14.2 Å². The van der Waals surface area contributed by atoms with Crippen molar-refractivity contribution in [3.8, 4) is 11.5 Å².